The normalized spacial score (nSPS) is 15.4. The summed E-state index contributed by atoms with van der Waals surface area (Å²) in [6.07, 6.45) is 4.46. The zero-order valence-electron chi connectivity index (χ0n) is 13.7. The smallest absolute Gasteiger partial charge is 0.375 e. The fourth-order valence-corrected chi connectivity index (χ4v) is 3.27. The second kappa shape index (κ2) is 6.71. The molecule has 0 aliphatic heterocycles. The molecule has 1 aliphatic carbocycles. The number of benzene rings is 1. The summed E-state index contributed by atoms with van der Waals surface area (Å²) >= 11 is 0. The molecule has 0 radical (unpaired) electrons. The van der Waals surface area contributed by atoms with Crippen molar-refractivity contribution in [1.29, 1.82) is 0 Å². The molecule has 0 amide bonds. The molecule has 0 spiro atoms. The lowest BCUT2D eigenvalue weighted by Crippen LogP contribution is -2.25. The first-order valence-electron chi connectivity index (χ1n) is 7.80. The van der Waals surface area contributed by atoms with E-state index < -0.39 is 15.6 Å². The second-order valence-electron chi connectivity index (χ2n) is 5.82. The molecule has 9 heteroatoms. The largest absolute Gasteiger partial charge is 0.534 e. The highest BCUT2D eigenvalue weighted by atomic mass is 32.2. The van der Waals surface area contributed by atoms with Crippen LogP contribution < -0.4 is 0 Å². The van der Waals surface area contributed by atoms with Gasteiger partial charge < -0.3 is 4.18 Å². The first-order valence-corrected chi connectivity index (χ1v) is 9.21. The van der Waals surface area contributed by atoms with Crippen molar-refractivity contribution < 1.29 is 25.8 Å². The van der Waals surface area contributed by atoms with E-state index in [-0.39, 0.29) is 5.76 Å². The van der Waals surface area contributed by atoms with E-state index in [1.54, 1.807) is 31.2 Å². The fraction of sp³-hybridized carbons (Fsp3) is 0.294. The predicted octanol–water partition coefficient (Wildman–Crippen LogP) is 3.86. The number of hydrogen-bond acceptors (Lipinski definition) is 5. The molecule has 138 valence electrons. The van der Waals surface area contributed by atoms with Crippen LogP contribution in [-0.2, 0) is 20.7 Å². The zero-order valence-corrected chi connectivity index (χ0v) is 14.6. The molecule has 1 aromatic heterocycles. The van der Waals surface area contributed by atoms with Gasteiger partial charge in [-0.1, -0.05) is 24.3 Å². The number of rotatable bonds is 3. The summed E-state index contributed by atoms with van der Waals surface area (Å²) in [7, 11) is -5.80. The fourth-order valence-electron chi connectivity index (χ4n) is 2.77. The maximum atomic E-state index is 12.9. The average molecular weight is 384 g/mol. The van der Waals surface area contributed by atoms with E-state index in [1.165, 1.54) is 12.4 Å². The van der Waals surface area contributed by atoms with E-state index >= 15 is 0 Å². The first kappa shape index (κ1) is 18.4. The number of aromatic nitrogens is 2. The Morgan fingerprint density at radius 3 is 2.38 bits per heavy atom. The van der Waals surface area contributed by atoms with Crippen LogP contribution in [0.2, 0.25) is 0 Å². The number of nitrogens with zero attached hydrogens (tertiary/aromatic N) is 2. The quantitative estimate of drug-likeness (QED) is 0.594. The van der Waals surface area contributed by atoms with E-state index in [9.17, 15) is 21.6 Å². The molecule has 1 heterocycles. The van der Waals surface area contributed by atoms with Crippen LogP contribution in [0, 0.1) is 6.92 Å². The minimum atomic E-state index is -5.80. The Bertz CT molecular complexity index is 952. The highest BCUT2D eigenvalue weighted by Gasteiger charge is 2.49. The average Bonchev–Trinajstić information content (AvgIpc) is 2.74. The van der Waals surface area contributed by atoms with E-state index in [0.717, 1.165) is 5.56 Å². The van der Waals surface area contributed by atoms with Crippen LogP contribution in [0.4, 0.5) is 13.2 Å². The molecule has 1 aliphatic rings. The summed E-state index contributed by atoms with van der Waals surface area (Å²) in [6, 6.07) is 6.66. The Morgan fingerprint density at radius 2 is 1.73 bits per heavy atom. The number of fused-ring (bicyclic) bond motifs is 1. The molecule has 0 unspecified atom stereocenters. The van der Waals surface area contributed by atoms with Gasteiger partial charge in [-0.2, -0.15) is 21.6 Å². The number of halogens is 3. The standard InChI is InChI=1S/C17H15F3N2O3S/c1-11-21-9-13(10-22-11)15-8-4-6-12-5-2-3-7-14(12)16(15)25-26(23,24)17(18,19)20/h2-3,5,7,9-10H,4,6,8H2,1H3. The lowest BCUT2D eigenvalue weighted by atomic mass is 10.0. The SMILES string of the molecule is Cc1ncc(C2=C(OS(=O)(=O)C(F)(F)F)c3ccccc3CCC2)cn1. The van der Waals surface area contributed by atoms with Gasteiger partial charge in [0.25, 0.3) is 0 Å². The van der Waals surface area contributed by atoms with Crippen molar-refractivity contribution in [1.82, 2.24) is 9.97 Å². The predicted molar refractivity (Wildman–Crippen MR) is 89.0 cm³/mol. The molecular formula is C17H15F3N2O3S. The van der Waals surface area contributed by atoms with E-state index in [1.807, 2.05) is 0 Å². The second-order valence-corrected chi connectivity index (χ2v) is 7.36. The van der Waals surface area contributed by atoms with Gasteiger partial charge in [0.15, 0.2) is 5.76 Å². The van der Waals surface area contributed by atoms with Crippen molar-refractivity contribution in [2.24, 2.45) is 0 Å². The summed E-state index contributed by atoms with van der Waals surface area (Å²) < 4.78 is 66.6. The van der Waals surface area contributed by atoms with Gasteiger partial charge in [0.2, 0.25) is 0 Å². The molecule has 26 heavy (non-hydrogen) atoms. The van der Waals surface area contributed by atoms with Crippen molar-refractivity contribution in [2.45, 2.75) is 31.7 Å². The van der Waals surface area contributed by atoms with Gasteiger partial charge in [0, 0.05) is 29.1 Å². The molecule has 0 fully saturated rings. The Balaban J connectivity index is 2.22. The highest BCUT2D eigenvalue weighted by molar-refractivity contribution is 7.87. The molecular weight excluding hydrogens is 369 g/mol. The van der Waals surface area contributed by atoms with Crippen molar-refractivity contribution in [2.75, 3.05) is 0 Å². The molecule has 0 saturated heterocycles. The molecule has 0 bridgehead atoms. The van der Waals surface area contributed by atoms with Gasteiger partial charge in [-0.15, -0.1) is 0 Å². The molecule has 1 aromatic carbocycles. The Hall–Kier alpha value is -2.42. The van der Waals surface area contributed by atoms with Crippen LogP contribution in [-0.4, -0.2) is 23.9 Å². The van der Waals surface area contributed by atoms with E-state index in [4.69, 9.17) is 0 Å². The van der Waals surface area contributed by atoms with Crippen molar-refractivity contribution >= 4 is 21.5 Å². The highest BCUT2D eigenvalue weighted by Crippen LogP contribution is 2.39. The van der Waals surface area contributed by atoms with Gasteiger partial charge in [0.05, 0.1) is 0 Å². The Morgan fingerprint density at radius 1 is 1.08 bits per heavy atom. The minimum absolute atomic E-state index is 0.317. The molecule has 3 rings (SSSR count). The van der Waals surface area contributed by atoms with Gasteiger partial charge in [0.1, 0.15) is 5.82 Å². The van der Waals surface area contributed by atoms with Crippen molar-refractivity contribution in [3.63, 3.8) is 0 Å². The minimum Gasteiger partial charge on any atom is -0.375 e. The van der Waals surface area contributed by atoms with Crippen LogP contribution >= 0.6 is 0 Å². The topological polar surface area (TPSA) is 69.2 Å². The molecule has 5 nitrogen and oxygen atoms in total. The summed E-state index contributed by atoms with van der Waals surface area (Å²) in [4.78, 5) is 8.10. The van der Waals surface area contributed by atoms with Crippen LogP contribution in [0.25, 0.3) is 11.3 Å². The third kappa shape index (κ3) is 3.57. The molecule has 0 atom stereocenters. The van der Waals surface area contributed by atoms with Crippen LogP contribution in [0.3, 0.4) is 0 Å². The third-order valence-electron chi connectivity index (χ3n) is 4.01. The molecule has 0 saturated carbocycles. The Labute approximate surface area is 148 Å². The lowest BCUT2D eigenvalue weighted by molar-refractivity contribution is -0.0509. The van der Waals surface area contributed by atoms with Gasteiger partial charge >= 0.3 is 15.6 Å². The summed E-state index contributed by atoms with van der Waals surface area (Å²) in [6.45, 7) is 1.67. The summed E-state index contributed by atoms with van der Waals surface area (Å²) in [5.74, 6) is 0.177. The molecule has 2 aromatic rings. The zero-order chi connectivity index (χ0) is 18.9. The maximum Gasteiger partial charge on any atom is 0.534 e. The first-order chi connectivity index (χ1) is 12.2. The number of allylic oxidation sites excluding steroid dienone is 1. The summed E-state index contributed by atoms with van der Waals surface area (Å²) in [5, 5.41) is 0. The number of alkyl halides is 3. The van der Waals surface area contributed by atoms with E-state index in [0.29, 0.717) is 41.8 Å². The van der Waals surface area contributed by atoms with Gasteiger partial charge in [-0.25, -0.2) is 9.97 Å². The number of aryl methyl sites for hydroxylation is 2. The number of hydrogen-bond donors (Lipinski definition) is 0. The Kier molecular flexibility index (Phi) is 4.74. The summed E-state index contributed by atoms with van der Waals surface area (Å²) in [5.41, 5.74) is -3.70. The molecule has 0 N–H and O–H groups in total. The lowest BCUT2D eigenvalue weighted by Gasteiger charge is -2.17. The van der Waals surface area contributed by atoms with Crippen LogP contribution in [0.1, 0.15) is 35.4 Å². The van der Waals surface area contributed by atoms with Crippen LogP contribution in [0.15, 0.2) is 36.7 Å². The van der Waals surface area contributed by atoms with Gasteiger partial charge in [-0.05, 0) is 31.7 Å². The van der Waals surface area contributed by atoms with Gasteiger partial charge in [-0.3, -0.25) is 0 Å². The van der Waals surface area contributed by atoms with E-state index in [2.05, 4.69) is 14.2 Å². The third-order valence-corrected chi connectivity index (χ3v) is 4.97. The van der Waals surface area contributed by atoms with Crippen molar-refractivity contribution in [3.05, 3.63) is 59.2 Å². The van der Waals surface area contributed by atoms with Crippen LogP contribution in [0.5, 0.6) is 0 Å². The maximum absolute atomic E-state index is 12.9. The monoisotopic (exact) mass is 384 g/mol. The van der Waals surface area contributed by atoms with Crippen molar-refractivity contribution in [3.8, 4) is 0 Å².